The van der Waals surface area contributed by atoms with Crippen LogP contribution in [-0.4, -0.2) is 19.5 Å². The van der Waals surface area contributed by atoms with Gasteiger partial charge in [0.2, 0.25) is 5.95 Å². The molecule has 0 N–H and O–H groups in total. The molecule has 7 aromatic carbocycles. The molecule has 0 amide bonds. The summed E-state index contributed by atoms with van der Waals surface area (Å²) in [5.74, 6) is 0.578. The van der Waals surface area contributed by atoms with Crippen LogP contribution in [0.1, 0.15) is 12.3 Å². The lowest BCUT2D eigenvalue weighted by Gasteiger charge is -2.12. The second kappa shape index (κ2) is 11.4. The molecule has 0 atom stereocenters. The van der Waals surface area contributed by atoms with Gasteiger partial charge in [-0.25, -0.2) is 4.98 Å². The molecule has 0 aliphatic rings. The molecular weight excluding hydrogens is 613 g/mol. The number of aromatic nitrogens is 4. The predicted molar refractivity (Wildman–Crippen MR) is 203 cm³/mol. The Balaban J connectivity index is 1.27. The Hall–Kier alpha value is -6.85. The first-order valence-corrected chi connectivity index (χ1v) is 16.0. The van der Waals surface area contributed by atoms with Crippen LogP contribution in [0.2, 0.25) is 0 Å². The fourth-order valence-corrected chi connectivity index (χ4v) is 6.50. The van der Waals surface area contributed by atoms with E-state index in [1.165, 1.54) is 4.57 Å². The van der Waals surface area contributed by atoms with Crippen molar-refractivity contribution in [1.82, 2.24) is 19.5 Å². The van der Waals surface area contributed by atoms with Crippen LogP contribution < -0.4 is 0 Å². The van der Waals surface area contributed by atoms with Crippen molar-refractivity contribution in [2.24, 2.45) is 0 Å². The molecule has 234 valence electrons. The molecule has 3 aromatic heterocycles. The number of fused-ring (bicyclic) bond motifs is 6. The maximum absolute atomic E-state index is 9.17. The van der Waals surface area contributed by atoms with Crippen LogP contribution in [-0.2, 0) is 0 Å². The first-order chi connectivity index (χ1) is 28.5. The summed E-state index contributed by atoms with van der Waals surface area (Å²) in [6.45, 7) is 0. The van der Waals surface area contributed by atoms with Crippen LogP contribution in [0, 0.1) is 0 Å². The van der Waals surface area contributed by atoms with Crippen LogP contribution in [0.5, 0.6) is 0 Å². The van der Waals surface area contributed by atoms with Crippen LogP contribution in [0.25, 0.3) is 94.7 Å². The van der Waals surface area contributed by atoms with Gasteiger partial charge in [0, 0.05) is 32.7 Å². The minimum atomic E-state index is -0.523. The zero-order valence-electron chi connectivity index (χ0n) is 35.2. The van der Waals surface area contributed by atoms with E-state index < -0.39 is 42.3 Å². The molecule has 0 aliphatic heterocycles. The van der Waals surface area contributed by atoms with Gasteiger partial charge in [-0.05, 0) is 52.6 Å². The molecule has 5 nitrogen and oxygen atoms in total. The Morgan fingerprint density at radius 3 is 1.92 bits per heavy atom. The SMILES string of the molecule is [2H]c1c([2H])c([2H])c(-c2ccc3c4c([2H])c([2H])c([2H])c([2H])c4n(-c4nc(-c5ccc(-c6ccccc6)cc5)nc(-c5ccc6c(c5)oc5ccccc56)n4)c3c2)c([2H])c1[2H]. The van der Waals surface area contributed by atoms with E-state index in [1.54, 1.807) is 18.2 Å². The second-order valence-electron chi connectivity index (χ2n) is 11.8. The van der Waals surface area contributed by atoms with Gasteiger partial charge in [-0.2, -0.15) is 9.97 Å². The van der Waals surface area contributed by atoms with E-state index in [4.69, 9.17) is 30.3 Å². The highest BCUT2D eigenvalue weighted by Gasteiger charge is 2.19. The summed E-state index contributed by atoms with van der Waals surface area (Å²) >= 11 is 0. The molecule has 10 aromatic rings. The summed E-state index contributed by atoms with van der Waals surface area (Å²) < 4.78 is 85.4. The highest BCUT2D eigenvalue weighted by Crippen LogP contribution is 2.36. The van der Waals surface area contributed by atoms with Crippen molar-refractivity contribution >= 4 is 43.7 Å². The number of rotatable bonds is 5. The highest BCUT2D eigenvalue weighted by molar-refractivity contribution is 6.10. The molecule has 0 saturated heterocycles. The van der Waals surface area contributed by atoms with E-state index in [0.29, 0.717) is 27.6 Å². The van der Waals surface area contributed by atoms with Gasteiger partial charge in [0.25, 0.3) is 0 Å². The molecule has 5 heteroatoms. The Labute approximate surface area is 300 Å². The van der Waals surface area contributed by atoms with Crippen molar-refractivity contribution < 1.29 is 16.8 Å². The van der Waals surface area contributed by atoms with Crippen molar-refractivity contribution in [2.45, 2.75) is 0 Å². The molecule has 50 heavy (non-hydrogen) atoms. The number of nitrogens with zero attached hydrogens (tertiary/aromatic N) is 4. The van der Waals surface area contributed by atoms with Gasteiger partial charge in [0.1, 0.15) is 11.2 Å². The Kier molecular flexibility index (Phi) is 4.67. The summed E-state index contributed by atoms with van der Waals surface area (Å²) in [6, 6.07) is 32.1. The summed E-state index contributed by atoms with van der Waals surface area (Å²) in [5, 5.41) is 2.49. The lowest BCUT2D eigenvalue weighted by molar-refractivity contribution is 0.669. The highest BCUT2D eigenvalue weighted by atomic mass is 16.3. The average molecular weight is 650 g/mol. The predicted octanol–water partition coefficient (Wildman–Crippen LogP) is 11.5. The molecule has 0 saturated carbocycles. The van der Waals surface area contributed by atoms with Gasteiger partial charge in [-0.15, -0.1) is 0 Å². The van der Waals surface area contributed by atoms with Crippen molar-refractivity contribution in [3.63, 3.8) is 0 Å². The molecule has 0 fully saturated rings. The van der Waals surface area contributed by atoms with E-state index in [0.717, 1.165) is 27.5 Å². The van der Waals surface area contributed by atoms with E-state index >= 15 is 0 Å². The molecule has 10 rings (SSSR count). The summed E-state index contributed by atoms with van der Waals surface area (Å²) in [4.78, 5) is 14.9. The summed E-state index contributed by atoms with van der Waals surface area (Å²) in [5.41, 5.74) is 5.28. The maximum atomic E-state index is 9.17. The van der Waals surface area contributed by atoms with Gasteiger partial charge in [-0.1, -0.05) is 139 Å². The normalized spacial score (nSPS) is 14.1. The van der Waals surface area contributed by atoms with Crippen LogP contribution in [0.3, 0.4) is 0 Å². The summed E-state index contributed by atoms with van der Waals surface area (Å²) in [6.07, 6.45) is 0. The fraction of sp³-hybridized carbons (Fsp3) is 0. The van der Waals surface area contributed by atoms with E-state index in [2.05, 4.69) is 0 Å². The first-order valence-electron chi connectivity index (χ1n) is 20.5. The van der Waals surface area contributed by atoms with Crippen molar-refractivity contribution in [3.8, 4) is 51.0 Å². The third-order valence-electron chi connectivity index (χ3n) is 8.90. The number of hydrogen-bond donors (Lipinski definition) is 0. The quantitative estimate of drug-likeness (QED) is 0.186. The molecular formula is C45H28N4O. The third kappa shape index (κ3) is 4.67. The second-order valence-corrected chi connectivity index (χ2v) is 11.8. The van der Waals surface area contributed by atoms with Crippen LogP contribution >= 0.6 is 0 Å². The van der Waals surface area contributed by atoms with Gasteiger partial charge in [0.05, 0.1) is 23.4 Å². The average Bonchev–Trinajstić information content (AvgIpc) is 3.82. The fourth-order valence-electron chi connectivity index (χ4n) is 6.50. The molecule has 0 bridgehead atoms. The van der Waals surface area contributed by atoms with Crippen LogP contribution in [0.4, 0.5) is 0 Å². The number of para-hydroxylation sites is 2. The molecule has 3 heterocycles. The Bertz CT molecular complexity index is 3350. The van der Waals surface area contributed by atoms with Crippen molar-refractivity contribution in [3.05, 3.63) is 170 Å². The van der Waals surface area contributed by atoms with E-state index in [1.807, 2.05) is 97.1 Å². The zero-order valence-corrected chi connectivity index (χ0v) is 26.2. The Morgan fingerprint density at radius 2 is 1.06 bits per heavy atom. The van der Waals surface area contributed by atoms with Crippen LogP contribution in [0.15, 0.2) is 174 Å². The maximum Gasteiger partial charge on any atom is 0.238 e. The first kappa shape index (κ1) is 20.5. The third-order valence-corrected chi connectivity index (χ3v) is 8.90. The van der Waals surface area contributed by atoms with Gasteiger partial charge >= 0.3 is 0 Å². The number of benzene rings is 7. The van der Waals surface area contributed by atoms with Crippen molar-refractivity contribution in [2.75, 3.05) is 0 Å². The zero-order chi connectivity index (χ0) is 40.9. The van der Waals surface area contributed by atoms with Gasteiger partial charge in [-0.3, -0.25) is 4.57 Å². The van der Waals surface area contributed by atoms with E-state index in [9.17, 15) is 1.37 Å². The number of hydrogen-bond acceptors (Lipinski definition) is 4. The Morgan fingerprint density at radius 1 is 0.420 bits per heavy atom. The molecule has 0 unspecified atom stereocenters. The number of furan rings is 1. The standard InChI is InChI=1S/C45H28N4O/c1-3-11-29(12-4-1)31-19-21-32(22-20-31)43-46-44(34-24-26-38-37-16-8-10-18-41(37)50-42(38)28-34)48-45(47-43)49-39-17-9-7-15-35(39)36-25-23-33(27-40(36)49)30-13-5-2-6-14-30/h1-28H/i2D,5D,6D,7D,9D,13D,14D,15D,17D. The monoisotopic (exact) mass is 649 g/mol. The van der Waals surface area contributed by atoms with Crippen molar-refractivity contribution in [1.29, 1.82) is 0 Å². The molecule has 0 spiro atoms. The smallest absolute Gasteiger partial charge is 0.238 e. The lowest BCUT2D eigenvalue weighted by Crippen LogP contribution is -2.06. The topological polar surface area (TPSA) is 56.7 Å². The van der Waals surface area contributed by atoms with E-state index in [-0.39, 0.29) is 51.7 Å². The lowest BCUT2D eigenvalue weighted by atomic mass is 10.0. The molecule has 0 aliphatic carbocycles. The summed E-state index contributed by atoms with van der Waals surface area (Å²) in [7, 11) is 0. The van der Waals surface area contributed by atoms with Gasteiger partial charge < -0.3 is 4.42 Å². The van der Waals surface area contributed by atoms with Gasteiger partial charge in [0.15, 0.2) is 11.6 Å². The minimum absolute atomic E-state index is 0.0325. The largest absolute Gasteiger partial charge is 0.456 e. The molecule has 0 radical (unpaired) electrons. The minimum Gasteiger partial charge on any atom is -0.456 e.